The van der Waals surface area contributed by atoms with Gasteiger partial charge in [0.15, 0.2) is 0 Å². The molecule has 3 amide bonds. The molecule has 3 heterocycles. The van der Waals surface area contributed by atoms with Gasteiger partial charge in [0.1, 0.15) is 6.54 Å². The second-order valence-electron chi connectivity index (χ2n) is 14.7. The Morgan fingerprint density at radius 3 is 2.16 bits per heavy atom. The number of alkyl halides is 3. The molecule has 2 bridgehead atoms. The number of amides is 3. The highest BCUT2D eigenvalue weighted by atomic mass is 32.2. The van der Waals surface area contributed by atoms with Gasteiger partial charge < -0.3 is 5.32 Å². The number of para-hydroxylation sites is 2. The molecule has 1 N–H and O–H groups in total. The highest BCUT2D eigenvalue weighted by Crippen LogP contribution is 2.69. The third-order valence-corrected chi connectivity index (χ3v) is 13.7. The summed E-state index contributed by atoms with van der Waals surface area (Å²) in [4.78, 5) is 56.8. The molecule has 1 saturated heterocycles. The maximum atomic E-state index is 14.1. The summed E-state index contributed by atoms with van der Waals surface area (Å²) in [6.07, 6.45) is -3.96. The second-order valence-corrected chi connectivity index (χ2v) is 16.8. The predicted octanol–water partition coefficient (Wildman–Crippen LogP) is 7.54. The smallest absolute Gasteiger partial charge is 0.324 e. The van der Waals surface area contributed by atoms with Gasteiger partial charge in [-0.1, -0.05) is 86.7 Å². The minimum atomic E-state index is -4.67. The third-order valence-electron chi connectivity index (χ3n) is 10.9. The van der Waals surface area contributed by atoms with Gasteiger partial charge in [0.25, 0.3) is 0 Å². The Balaban J connectivity index is 1.18. The molecule has 4 aliphatic rings. The molecule has 12 heteroatoms. The van der Waals surface area contributed by atoms with Gasteiger partial charge in [-0.05, 0) is 65.0 Å². The van der Waals surface area contributed by atoms with Crippen LogP contribution in [0.1, 0.15) is 54.7 Å². The number of fused-ring (bicyclic) bond motifs is 9. The van der Waals surface area contributed by atoms with Crippen LogP contribution in [-0.2, 0) is 32.5 Å². The van der Waals surface area contributed by atoms with Crippen LogP contribution in [0, 0.1) is 29.6 Å². The minimum Gasteiger partial charge on any atom is -0.324 e. The first-order chi connectivity index (χ1) is 23.7. The van der Waals surface area contributed by atoms with Crippen LogP contribution in [-0.4, -0.2) is 27.5 Å². The van der Waals surface area contributed by atoms with E-state index < -0.39 is 36.0 Å². The summed E-state index contributed by atoms with van der Waals surface area (Å²) in [5, 5.41) is 2.87. The van der Waals surface area contributed by atoms with Crippen LogP contribution in [0.3, 0.4) is 0 Å². The Morgan fingerprint density at radius 1 is 0.860 bits per heavy atom. The van der Waals surface area contributed by atoms with Gasteiger partial charge >= 0.3 is 11.0 Å². The number of nitrogens with one attached hydrogen (secondary N) is 1. The van der Waals surface area contributed by atoms with Gasteiger partial charge in [0, 0.05) is 16.0 Å². The molecule has 0 radical (unpaired) electrons. The summed E-state index contributed by atoms with van der Waals surface area (Å²) in [5.74, 6) is -2.55. The van der Waals surface area contributed by atoms with Gasteiger partial charge in [-0.15, -0.1) is 11.8 Å². The van der Waals surface area contributed by atoms with Crippen LogP contribution in [0.2, 0.25) is 0 Å². The lowest BCUT2D eigenvalue weighted by molar-refractivity contribution is -0.137. The van der Waals surface area contributed by atoms with Crippen molar-refractivity contribution >= 4 is 52.2 Å². The molecule has 50 heavy (non-hydrogen) atoms. The number of anilines is 2. The van der Waals surface area contributed by atoms with Crippen molar-refractivity contribution in [3.8, 4) is 0 Å². The largest absolute Gasteiger partial charge is 0.418 e. The summed E-state index contributed by atoms with van der Waals surface area (Å²) in [6.45, 7) is 5.94. The Kier molecular flexibility index (Phi) is 7.72. The maximum Gasteiger partial charge on any atom is 0.418 e. The summed E-state index contributed by atoms with van der Waals surface area (Å²) < 4.78 is 42.4. The minimum absolute atomic E-state index is 0.0364. The van der Waals surface area contributed by atoms with Gasteiger partial charge in [-0.25, -0.2) is 0 Å². The number of hydrogen-bond acceptors (Lipinski definition) is 6. The maximum absolute atomic E-state index is 14.1. The van der Waals surface area contributed by atoms with E-state index in [-0.39, 0.29) is 56.7 Å². The van der Waals surface area contributed by atoms with Crippen molar-refractivity contribution in [3.05, 3.63) is 110 Å². The molecular weight excluding hydrogens is 684 g/mol. The Morgan fingerprint density at radius 2 is 1.50 bits per heavy atom. The van der Waals surface area contributed by atoms with Crippen LogP contribution in [0.15, 0.2) is 88.7 Å². The molecule has 258 valence electrons. The van der Waals surface area contributed by atoms with Crippen molar-refractivity contribution in [2.75, 3.05) is 10.2 Å². The predicted molar refractivity (Wildman–Crippen MR) is 186 cm³/mol. The van der Waals surface area contributed by atoms with Gasteiger partial charge in [0.2, 0.25) is 17.7 Å². The van der Waals surface area contributed by atoms with Crippen molar-refractivity contribution < 1.29 is 27.6 Å². The number of aromatic nitrogens is 1. The molecule has 2 aliphatic heterocycles. The molecule has 8 rings (SSSR count). The molecule has 2 saturated carbocycles. The Labute approximate surface area is 294 Å². The number of carbonyl (C=O) groups is 3. The number of thiazole rings is 1. The highest BCUT2D eigenvalue weighted by Gasteiger charge is 2.69. The molecule has 3 fully saturated rings. The van der Waals surface area contributed by atoms with Crippen molar-refractivity contribution in [3.63, 3.8) is 0 Å². The number of thioether (sulfide) groups is 1. The highest BCUT2D eigenvalue weighted by molar-refractivity contribution is 8.00. The van der Waals surface area contributed by atoms with Crippen LogP contribution >= 0.6 is 23.1 Å². The SMILES string of the molecule is CC(C)(C)c1ccc(C2c3sc(=O)n(CC(=O)Nc4ccccc4C(F)(F)F)c3SC3C4CC(C5C(=O)N(c6ccccc6)C(=O)C45)C23)cc1. The normalized spacial score (nSPS) is 26.9. The second kappa shape index (κ2) is 11.7. The Bertz CT molecular complexity index is 2090. The van der Waals surface area contributed by atoms with Crippen molar-refractivity contribution in [1.82, 2.24) is 4.57 Å². The average Bonchev–Trinajstić information content (AvgIpc) is 3.79. The van der Waals surface area contributed by atoms with E-state index in [4.69, 9.17) is 0 Å². The number of nitrogens with zero attached hydrogens (tertiary/aromatic N) is 2. The fourth-order valence-corrected chi connectivity index (χ4v) is 12.0. The van der Waals surface area contributed by atoms with Crippen LogP contribution < -0.4 is 15.1 Å². The standard InChI is InChI=1S/C38H34F3N3O4S2/c1-37(2,3)20-15-13-19(14-16-20)27-28-22-17-23(30-29(22)33(46)44(34(30)47)21-9-5-4-6-10-21)31(28)49-35-32(27)50-36(48)43(35)18-26(45)42-25-12-8-7-11-24(25)38(39,40)41/h4-16,22-23,27-31H,17-18H2,1-3H3,(H,42,45). The number of carbonyl (C=O) groups excluding carboxylic acids is 3. The topological polar surface area (TPSA) is 88.5 Å². The number of benzene rings is 3. The third kappa shape index (κ3) is 5.16. The first-order valence-electron chi connectivity index (χ1n) is 16.6. The lowest BCUT2D eigenvalue weighted by Gasteiger charge is -2.43. The molecule has 7 nitrogen and oxygen atoms in total. The molecule has 4 aromatic rings. The zero-order valence-electron chi connectivity index (χ0n) is 27.4. The van der Waals surface area contributed by atoms with E-state index in [9.17, 15) is 32.3 Å². The molecule has 1 aromatic heterocycles. The lowest BCUT2D eigenvalue weighted by atomic mass is 9.68. The van der Waals surface area contributed by atoms with Gasteiger partial charge in [-0.3, -0.25) is 28.6 Å². The number of halogens is 3. The van der Waals surface area contributed by atoms with E-state index in [1.165, 1.54) is 39.4 Å². The van der Waals surface area contributed by atoms with E-state index in [2.05, 4.69) is 50.4 Å². The van der Waals surface area contributed by atoms with Crippen LogP contribution in [0.4, 0.5) is 24.5 Å². The van der Waals surface area contributed by atoms with Crippen molar-refractivity contribution in [1.29, 1.82) is 0 Å². The molecule has 0 spiro atoms. The summed E-state index contributed by atoms with van der Waals surface area (Å²) in [7, 11) is 0. The monoisotopic (exact) mass is 717 g/mol. The van der Waals surface area contributed by atoms with E-state index in [0.29, 0.717) is 17.1 Å². The van der Waals surface area contributed by atoms with Crippen molar-refractivity contribution in [2.24, 2.45) is 29.6 Å². The zero-order chi connectivity index (χ0) is 35.3. The lowest BCUT2D eigenvalue weighted by Crippen LogP contribution is -2.43. The van der Waals surface area contributed by atoms with Gasteiger partial charge in [0.05, 0.1) is 33.8 Å². The average molecular weight is 718 g/mol. The number of rotatable bonds is 5. The summed E-state index contributed by atoms with van der Waals surface area (Å²) in [6, 6.07) is 22.1. The quantitative estimate of drug-likeness (QED) is 0.216. The summed E-state index contributed by atoms with van der Waals surface area (Å²) >= 11 is 2.53. The molecule has 3 aromatic carbocycles. The molecule has 7 atom stereocenters. The first kappa shape index (κ1) is 33.0. The zero-order valence-corrected chi connectivity index (χ0v) is 29.1. The fraction of sp³-hybridized carbons (Fsp3) is 0.368. The van der Waals surface area contributed by atoms with Crippen LogP contribution in [0.25, 0.3) is 0 Å². The molecular formula is C38H34F3N3O4S2. The number of hydrogen-bond donors (Lipinski definition) is 1. The Hall–Kier alpha value is -4.16. The molecule has 7 unspecified atom stereocenters. The van der Waals surface area contributed by atoms with E-state index >= 15 is 0 Å². The summed E-state index contributed by atoms with van der Waals surface area (Å²) in [5.41, 5.74) is 1.27. The van der Waals surface area contributed by atoms with E-state index in [1.54, 1.807) is 24.3 Å². The number of imide groups is 1. The van der Waals surface area contributed by atoms with Crippen LogP contribution in [0.5, 0.6) is 0 Å². The van der Waals surface area contributed by atoms with Gasteiger partial charge in [-0.2, -0.15) is 13.2 Å². The van der Waals surface area contributed by atoms with E-state index in [0.717, 1.165) is 33.4 Å². The van der Waals surface area contributed by atoms with E-state index in [1.807, 2.05) is 6.07 Å². The molecule has 2 aliphatic carbocycles. The first-order valence-corrected chi connectivity index (χ1v) is 18.3. The fourth-order valence-electron chi connectivity index (χ4n) is 8.82. The van der Waals surface area contributed by atoms with Crippen molar-refractivity contribution in [2.45, 2.75) is 61.5 Å².